The van der Waals surface area contributed by atoms with Crippen LogP contribution in [-0.2, 0) is 20.9 Å². The van der Waals surface area contributed by atoms with Crippen LogP contribution in [0.15, 0.2) is 59.8 Å². The number of carbonyl (C=O) groups excluding carboxylic acids is 2. The molecule has 0 aliphatic carbocycles. The lowest BCUT2D eigenvalue weighted by Gasteiger charge is -2.38. The van der Waals surface area contributed by atoms with Gasteiger partial charge in [0.05, 0.1) is 31.9 Å². The maximum absolute atomic E-state index is 13.3. The minimum atomic E-state index is -0.658. The predicted octanol–water partition coefficient (Wildman–Crippen LogP) is 4.24. The minimum absolute atomic E-state index is 0.218. The van der Waals surface area contributed by atoms with Crippen LogP contribution in [0.2, 0.25) is 0 Å². The second kappa shape index (κ2) is 12.1. The number of carbonyl (C=O) groups is 2. The molecule has 8 heteroatoms. The minimum Gasteiger partial charge on any atom is -0.496 e. The molecule has 2 heterocycles. The second-order valence-electron chi connectivity index (χ2n) is 9.04. The first kappa shape index (κ1) is 25.7. The molecule has 1 fully saturated rings. The molecule has 0 radical (unpaired) electrons. The third-order valence-electron chi connectivity index (χ3n) is 6.75. The number of nitrogens with one attached hydrogen (secondary N) is 2. The van der Waals surface area contributed by atoms with Crippen molar-refractivity contribution in [2.75, 3.05) is 33.9 Å². The zero-order valence-electron chi connectivity index (χ0n) is 21.2. The van der Waals surface area contributed by atoms with Crippen molar-refractivity contribution < 1.29 is 23.8 Å². The van der Waals surface area contributed by atoms with Crippen LogP contribution >= 0.6 is 0 Å². The monoisotopic (exact) mass is 493 g/mol. The smallest absolute Gasteiger partial charge is 0.338 e. The molecule has 0 aromatic heterocycles. The second-order valence-corrected chi connectivity index (χ2v) is 9.04. The molecule has 2 atom stereocenters. The largest absolute Gasteiger partial charge is 0.496 e. The normalized spacial score (nSPS) is 20.5. The molecule has 4 rings (SSSR count). The molecule has 2 aliphatic rings. The molecule has 0 spiro atoms. The van der Waals surface area contributed by atoms with Gasteiger partial charge in [0.1, 0.15) is 5.75 Å². The van der Waals surface area contributed by atoms with Crippen molar-refractivity contribution >= 4 is 12.0 Å². The van der Waals surface area contributed by atoms with Crippen LogP contribution in [0.3, 0.4) is 0 Å². The van der Waals surface area contributed by atoms with E-state index in [4.69, 9.17) is 14.2 Å². The highest BCUT2D eigenvalue weighted by Crippen LogP contribution is 2.35. The zero-order valence-corrected chi connectivity index (χ0v) is 21.2. The number of amides is 2. The number of ether oxygens (including phenoxy) is 3. The zero-order chi connectivity index (χ0) is 25.5. The number of hydrogen-bond acceptors (Lipinski definition) is 6. The number of likely N-dealkylation sites (tertiary alicyclic amines) is 1. The van der Waals surface area contributed by atoms with Gasteiger partial charge in [-0.25, -0.2) is 9.59 Å². The van der Waals surface area contributed by atoms with Crippen LogP contribution in [0, 0.1) is 0 Å². The molecule has 2 amide bonds. The maximum atomic E-state index is 13.3. The Morgan fingerprint density at radius 2 is 1.89 bits per heavy atom. The lowest BCUT2D eigenvalue weighted by Crippen LogP contribution is -2.49. The van der Waals surface area contributed by atoms with Crippen molar-refractivity contribution in [3.05, 3.63) is 76.5 Å². The van der Waals surface area contributed by atoms with Crippen molar-refractivity contribution in [3.63, 3.8) is 0 Å². The number of methoxy groups -OCH3 is 2. The predicted molar refractivity (Wildman–Crippen MR) is 136 cm³/mol. The lowest BCUT2D eigenvalue weighted by atomic mass is 9.92. The first-order valence-electron chi connectivity index (χ1n) is 12.5. The molecule has 2 aromatic carbocycles. The molecule has 1 saturated heterocycles. The molecule has 2 aliphatic heterocycles. The van der Waals surface area contributed by atoms with Gasteiger partial charge >= 0.3 is 12.0 Å². The van der Waals surface area contributed by atoms with Crippen LogP contribution in [0.1, 0.15) is 55.0 Å². The van der Waals surface area contributed by atoms with Crippen LogP contribution in [-0.4, -0.2) is 50.8 Å². The Morgan fingerprint density at radius 1 is 1.08 bits per heavy atom. The fourth-order valence-electron chi connectivity index (χ4n) is 5.12. The van der Waals surface area contributed by atoms with E-state index < -0.39 is 12.0 Å². The summed E-state index contributed by atoms with van der Waals surface area (Å²) in [6.07, 6.45) is 3.24. The Labute approximate surface area is 212 Å². The summed E-state index contributed by atoms with van der Waals surface area (Å²) in [6, 6.07) is 15.2. The number of esters is 1. The Morgan fingerprint density at radius 3 is 2.61 bits per heavy atom. The molecule has 0 saturated carbocycles. The number of hydrogen-bond donors (Lipinski definition) is 2. The summed E-state index contributed by atoms with van der Waals surface area (Å²) in [4.78, 5) is 28.5. The highest BCUT2D eigenvalue weighted by Gasteiger charge is 2.36. The molecule has 8 nitrogen and oxygen atoms in total. The maximum Gasteiger partial charge on any atom is 0.338 e. The van der Waals surface area contributed by atoms with E-state index in [0.717, 1.165) is 36.9 Å². The fourth-order valence-corrected chi connectivity index (χ4v) is 5.12. The first-order valence-corrected chi connectivity index (χ1v) is 12.5. The highest BCUT2D eigenvalue weighted by atomic mass is 16.5. The lowest BCUT2D eigenvalue weighted by molar-refractivity contribution is -0.139. The van der Waals surface area contributed by atoms with E-state index in [-0.39, 0.29) is 18.7 Å². The van der Waals surface area contributed by atoms with Gasteiger partial charge in [0, 0.05) is 31.0 Å². The van der Waals surface area contributed by atoms with E-state index >= 15 is 0 Å². The van der Waals surface area contributed by atoms with Gasteiger partial charge in [0.2, 0.25) is 0 Å². The van der Waals surface area contributed by atoms with Gasteiger partial charge in [-0.3, -0.25) is 4.90 Å². The molecule has 0 bridgehead atoms. The Kier molecular flexibility index (Phi) is 8.61. The van der Waals surface area contributed by atoms with Gasteiger partial charge in [-0.15, -0.1) is 0 Å². The molecular formula is C28H35N3O5. The van der Waals surface area contributed by atoms with E-state index in [2.05, 4.69) is 39.8 Å². The van der Waals surface area contributed by atoms with Crippen molar-refractivity contribution in [1.82, 2.24) is 15.5 Å². The third-order valence-corrected chi connectivity index (χ3v) is 6.75. The Bertz CT molecular complexity index is 1100. The number of urea groups is 1. The van der Waals surface area contributed by atoms with Crippen molar-refractivity contribution in [2.24, 2.45) is 0 Å². The van der Waals surface area contributed by atoms with E-state index in [0.29, 0.717) is 30.2 Å². The van der Waals surface area contributed by atoms with Crippen molar-refractivity contribution in [2.45, 2.75) is 44.9 Å². The van der Waals surface area contributed by atoms with Gasteiger partial charge < -0.3 is 24.8 Å². The molecule has 2 N–H and O–H groups in total. The molecule has 0 unspecified atom stereocenters. The van der Waals surface area contributed by atoms with Crippen molar-refractivity contribution in [1.29, 1.82) is 0 Å². The summed E-state index contributed by atoms with van der Waals surface area (Å²) in [5.41, 5.74) is 3.83. The Hall–Kier alpha value is -3.36. The standard InChI is InChI=1S/C28H35N3O5/c1-4-36-27(32)25-22(17-31-15-9-8-12-23(31)19-10-6-5-7-11-19)29-28(33)30-26(25)20-13-14-24(35-3)21(16-20)18-34-2/h5-7,10-11,13-14,16,23,26H,4,8-9,12,15,17-18H2,1-3H3,(H2,29,30,33)/t23-,26+/m0/s1. The average molecular weight is 494 g/mol. The van der Waals surface area contributed by atoms with E-state index in [9.17, 15) is 9.59 Å². The number of rotatable bonds is 9. The summed E-state index contributed by atoms with van der Waals surface area (Å²) in [6.45, 7) is 3.69. The number of nitrogens with zero attached hydrogens (tertiary/aromatic N) is 1. The van der Waals surface area contributed by atoms with Crippen LogP contribution < -0.4 is 15.4 Å². The average Bonchev–Trinajstić information content (AvgIpc) is 2.89. The molecular weight excluding hydrogens is 458 g/mol. The quantitative estimate of drug-likeness (QED) is 0.508. The summed E-state index contributed by atoms with van der Waals surface area (Å²) in [5.74, 6) is 0.240. The van der Waals surface area contributed by atoms with Crippen LogP contribution in [0.25, 0.3) is 0 Å². The first-order chi connectivity index (χ1) is 17.5. The fraction of sp³-hybridized carbons (Fsp3) is 0.429. The summed E-state index contributed by atoms with van der Waals surface area (Å²) in [7, 11) is 3.21. The van der Waals surface area contributed by atoms with E-state index in [1.54, 1.807) is 21.1 Å². The van der Waals surface area contributed by atoms with Crippen LogP contribution in [0.4, 0.5) is 4.79 Å². The topological polar surface area (TPSA) is 89.1 Å². The van der Waals surface area contributed by atoms with Gasteiger partial charge in [0.25, 0.3) is 0 Å². The number of benzene rings is 2. The Balaban J connectivity index is 1.74. The van der Waals surface area contributed by atoms with Gasteiger partial charge in [0.15, 0.2) is 0 Å². The molecule has 36 heavy (non-hydrogen) atoms. The van der Waals surface area contributed by atoms with E-state index in [1.807, 2.05) is 24.3 Å². The van der Waals surface area contributed by atoms with E-state index in [1.165, 1.54) is 5.56 Å². The number of piperidine rings is 1. The third kappa shape index (κ3) is 5.71. The summed E-state index contributed by atoms with van der Waals surface area (Å²) >= 11 is 0. The van der Waals surface area contributed by atoms with Crippen molar-refractivity contribution in [3.8, 4) is 5.75 Å². The van der Waals surface area contributed by atoms with Gasteiger partial charge in [-0.1, -0.05) is 42.8 Å². The SMILES string of the molecule is CCOC(=O)C1=C(CN2CCCC[C@H]2c2ccccc2)NC(=O)N[C@@H]1c1ccc(OC)c(COC)c1. The van der Waals surface area contributed by atoms with Crippen LogP contribution in [0.5, 0.6) is 5.75 Å². The molecule has 192 valence electrons. The summed E-state index contributed by atoms with van der Waals surface area (Å²) < 4.78 is 16.3. The highest BCUT2D eigenvalue weighted by molar-refractivity contribution is 5.95. The molecule has 2 aromatic rings. The van der Waals surface area contributed by atoms with Gasteiger partial charge in [-0.2, -0.15) is 0 Å². The van der Waals surface area contributed by atoms with Gasteiger partial charge in [-0.05, 0) is 49.6 Å². The summed E-state index contributed by atoms with van der Waals surface area (Å²) in [5, 5.41) is 5.85.